The van der Waals surface area contributed by atoms with E-state index in [1.165, 1.54) is 11.1 Å². The van der Waals surface area contributed by atoms with Crippen molar-refractivity contribution in [1.82, 2.24) is 10.2 Å². The molecule has 0 aromatic rings. The number of thiocarbonyl (C=S) groups is 1. The molecule has 1 N–H and O–H groups in total. The van der Waals surface area contributed by atoms with Crippen molar-refractivity contribution in [2.75, 3.05) is 6.54 Å². The van der Waals surface area contributed by atoms with Crippen LogP contribution >= 0.6 is 12.2 Å². The number of aliphatic imine (C=N–C) groups is 1. The van der Waals surface area contributed by atoms with Gasteiger partial charge in [-0.15, -0.1) is 0 Å². The summed E-state index contributed by atoms with van der Waals surface area (Å²) in [5, 5.41) is 2.70. The van der Waals surface area contributed by atoms with Crippen molar-refractivity contribution in [3.63, 3.8) is 0 Å². The summed E-state index contributed by atoms with van der Waals surface area (Å²) in [4.78, 5) is 29.0. The van der Waals surface area contributed by atoms with Crippen LogP contribution in [0.1, 0.15) is 19.8 Å². The Morgan fingerprint density at radius 1 is 1.56 bits per heavy atom. The fourth-order valence-electron chi connectivity index (χ4n) is 1.49. The lowest BCUT2D eigenvalue weighted by molar-refractivity contribution is -0.137. The van der Waals surface area contributed by atoms with E-state index in [9.17, 15) is 9.59 Å². The maximum absolute atomic E-state index is 11.9. The van der Waals surface area contributed by atoms with E-state index in [1.54, 1.807) is 0 Å². The second kappa shape index (κ2) is 4.29. The average Bonchev–Trinajstić information content (AvgIpc) is 3.01. The highest BCUT2D eigenvalue weighted by Gasteiger charge is 2.37. The third-order valence-corrected chi connectivity index (χ3v) is 2.92. The van der Waals surface area contributed by atoms with Crippen molar-refractivity contribution >= 4 is 35.4 Å². The zero-order valence-electron chi connectivity index (χ0n) is 8.97. The second-order valence-corrected chi connectivity index (χ2v) is 4.27. The summed E-state index contributed by atoms with van der Waals surface area (Å²) >= 11 is 4.91. The predicted octanol–water partition coefficient (Wildman–Crippen LogP) is 0.0990. The molecule has 0 aromatic heterocycles. The molecule has 1 aliphatic carbocycles. The minimum absolute atomic E-state index is 0.188. The Hall–Kier alpha value is -1.30. The monoisotopic (exact) mass is 239 g/mol. The maximum atomic E-state index is 11.9. The molecule has 0 unspecified atom stereocenters. The highest BCUT2D eigenvalue weighted by atomic mass is 32.1. The lowest BCUT2D eigenvalue weighted by atomic mass is 10.1. The summed E-state index contributed by atoms with van der Waals surface area (Å²) in [6.45, 7) is 2.28. The van der Waals surface area contributed by atoms with Crippen LogP contribution in [-0.4, -0.2) is 40.6 Å². The topological polar surface area (TPSA) is 61.8 Å². The molecule has 2 fully saturated rings. The fourth-order valence-corrected chi connectivity index (χ4v) is 1.81. The van der Waals surface area contributed by atoms with E-state index < -0.39 is 5.92 Å². The van der Waals surface area contributed by atoms with Gasteiger partial charge in [-0.05, 0) is 32.0 Å². The van der Waals surface area contributed by atoms with Gasteiger partial charge in [0.15, 0.2) is 11.0 Å². The number of hydrogen-bond donors (Lipinski definition) is 1. The van der Waals surface area contributed by atoms with Crippen molar-refractivity contribution in [2.45, 2.75) is 25.8 Å². The number of amides is 2. The summed E-state index contributed by atoms with van der Waals surface area (Å²) < 4.78 is 0. The Bertz CT molecular complexity index is 376. The maximum Gasteiger partial charge on any atom is 0.246 e. The molecule has 86 valence electrons. The first-order valence-electron chi connectivity index (χ1n) is 5.33. The summed E-state index contributed by atoms with van der Waals surface area (Å²) in [6.07, 6.45) is 3.56. The van der Waals surface area contributed by atoms with Crippen LogP contribution in [0.25, 0.3) is 0 Å². The highest BCUT2D eigenvalue weighted by molar-refractivity contribution is 7.80. The molecule has 1 heterocycles. The number of carbonyl (C=O) groups excluding carboxylic acids is 2. The molecule has 5 nitrogen and oxygen atoms in total. The Balaban J connectivity index is 2.12. The van der Waals surface area contributed by atoms with E-state index in [0.29, 0.717) is 12.6 Å². The standard InChI is InChI=1S/C10H13N3O2S/c1-2-13-9(15)7(5-11-6-3-4-6)8(14)12-10(13)16/h5-7H,2-4H2,1H3,(H,12,14,16)/t7-/m0/s1. The van der Waals surface area contributed by atoms with Crippen molar-refractivity contribution in [3.8, 4) is 0 Å². The highest BCUT2D eigenvalue weighted by Crippen LogP contribution is 2.23. The molecule has 0 spiro atoms. The van der Waals surface area contributed by atoms with Gasteiger partial charge in [0.1, 0.15) is 0 Å². The molecule has 2 rings (SSSR count). The first-order valence-corrected chi connectivity index (χ1v) is 5.73. The summed E-state index contributed by atoms with van der Waals surface area (Å²) in [5.74, 6) is -1.46. The average molecular weight is 239 g/mol. The van der Waals surface area contributed by atoms with Gasteiger partial charge in [0.2, 0.25) is 11.8 Å². The Morgan fingerprint density at radius 2 is 2.25 bits per heavy atom. The predicted molar refractivity (Wildman–Crippen MR) is 63.1 cm³/mol. The van der Waals surface area contributed by atoms with E-state index in [2.05, 4.69) is 10.3 Å². The van der Waals surface area contributed by atoms with Crippen molar-refractivity contribution in [3.05, 3.63) is 0 Å². The zero-order valence-corrected chi connectivity index (χ0v) is 9.79. The van der Waals surface area contributed by atoms with Crippen LogP contribution in [-0.2, 0) is 9.59 Å². The van der Waals surface area contributed by atoms with Gasteiger partial charge in [-0.2, -0.15) is 0 Å². The van der Waals surface area contributed by atoms with Crippen LogP contribution in [0, 0.1) is 5.92 Å². The smallest absolute Gasteiger partial charge is 0.246 e. The largest absolute Gasteiger partial charge is 0.302 e. The van der Waals surface area contributed by atoms with E-state index in [1.807, 2.05) is 6.92 Å². The Kier molecular flexibility index (Phi) is 3.00. The summed E-state index contributed by atoms with van der Waals surface area (Å²) in [5.41, 5.74) is 0. The number of nitrogens with zero attached hydrogens (tertiary/aromatic N) is 2. The van der Waals surface area contributed by atoms with Crippen molar-refractivity contribution in [2.24, 2.45) is 10.9 Å². The van der Waals surface area contributed by atoms with Crippen LogP contribution in [0.4, 0.5) is 0 Å². The van der Waals surface area contributed by atoms with Gasteiger partial charge in [-0.1, -0.05) is 0 Å². The van der Waals surface area contributed by atoms with Crippen LogP contribution in [0.2, 0.25) is 0 Å². The summed E-state index contributed by atoms with van der Waals surface area (Å²) in [7, 11) is 0. The molecule has 1 aliphatic heterocycles. The normalized spacial score (nSPS) is 26.4. The van der Waals surface area contributed by atoms with Gasteiger partial charge in [-0.3, -0.25) is 19.5 Å². The first kappa shape index (κ1) is 11.2. The van der Waals surface area contributed by atoms with Gasteiger partial charge in [0.25, 0.3) is 0 Å². The molecule has 1 saturated heterocycles. The molecular formula is C10H13N3O2S. The third-order valence-electron chi connectivity index (χ3n) is 2.60. The van der Waals surface area contributed by atoms with E-state index in [-0.39, 0.29) is 16.9 Å². The molecule has 2 aliphatic rings. The molecule has 0 bridgehead atoms. The molecular weight excluding hydrogens is 226 g/mol. The van der Waals surface area contributed by atoms with Crippen LogP contribution in [0.3, 0.4) is 0 Å². The van der Waals surface area contributed by atoms with E-state index >= 15 is 0 Å². The molecule has 6 heteroatoms. The molecule has 0 aromatic carbocycles. The van der Waals surface area contributed by atoms with Gasteiger partial charge in [-0.25, -0.2) is 0 Å². The van der Waals surface area contributed by atoms with Gasteiger partial charge in [0.05, 0.1) is 0 Å². The molecule has 16 heavy (non-hydrogen) atoms. The third kappa shape index (κ3) is 2.11. The lowest BCUT2D eigenvalue weighted by Gasteiger charge is -2.29. The number of nitrogens with one attached hydrogen (secondary N) is 1. The SMILES string of the molecule is CCN1C(=O)[C@@H](C=NC2CC2)C(=O)NC1=S. The van der Waals surface area contributed by atoms with Crippen molar-refractivity contribution in [1.29, 1.82) is 0 Å². The second-order valence-electron chi connectivity index (χ2n) is 3.88. The van der Waals surface area contributed by atoms with Crippen LogP contribution in [0.5, 0.6) is 0 Å². The summed E-state index contributed by atoms with van der Waals surface area (Å²) in [6, 6.07) is 0.310. The number of hydrogen-bond acceptors (Lipinski definition) is 4. The Morgan fingerprint density at radius 3 is 2.81 bits per heavy atom. The minimum atomic E-state index is -0.813. The van der Waals surface area contributed by atoms with Gasteiger partial charge >= 0.3 is 0 Å². The molecule has 2 amide bonds. The van der Waals surface area contributed by atoms with E-state index in [0.717, 1.165) is 12.8 Å². The minimum Gasteiger partial charge on any atom is -0.302 e. The quantitative estimate of drug-likeness (QED) is 0.431. The number of carbonyl (C=O) groups is 2. The zero-order chi connectivity index (χ0) is 11.7. The molecule has 0 radical (unpaired) electrons. The van der Waals surface area contributed by atoms with Gasteiger partial charge < -0.3 is 5.32 Å². The fraction of sp³-hybridized carbons (Fsp3) is 0.600. The van der Waals surface area contributed by atoms with Gasteiger partial charge in [0, 0.05) is 18.8 Å². The number of rotatable bonds is 3. The van der Waals surface area contributed by atoms with Crippen LogP contribution < -0.4 is 5.32 Å². The molecule has 1 saturated carbocycles. The van der Waals surface area contributed by atoms with E-state index in [4.69, 9.17) is 12.2 Å². The Labute approximate surface area is 98.9 Å². The van der Waals surface area contributed by atoms with Crippen LogP contribution in [0.15, 0.2) is 4.99 Å². The first-order chi connectivity index (χ1) is 7.63. The van der Waals surface area contributed by atoms with Crippen molar-refractivity contribution < 1.29 is 9.59 Å². The lowest BCUT2D eigenvalue weighted by Crippen LogP contribution is -2.58. The molecule has 1 atom stereocenters.